The highest BCUT2D eigenvalue weighted by Gasteiger charge is 2.06. The van der Waals surface area contributed by atoms with Gasteiger partial charge in [0.15, 0.2) is 0 Å². The summed E-state index contributed by atoms with van der Waals surface area (Å²) in [5, 5.41) is 21.1. The topological polar surface area (TPSA) is 72.5 Å². The minimum atomic E-state index is 0.218. The molecule has 0 unspecified atom stereocenters. The van der Waals surface area contributed by atoms with Crippen molar-refractivity contribution in [2.24, 2.45) is 0 Å². The van der Waals surface area contributed by atoms with Crippen LogP contribution in [0, 0.1) is 22.7 Å². The highest BCUT2D eigenvalue weighted by Crippen LogP contribution is 2.25. The van der Waals surface area contributed by atoms with Gasteiger partial charge < -0.3 is 5.32 Å². The summed E-state index contributed by atoms with van der Waals surface area (Å²) in [4.78, 5) is 4.06. The molecule has 0 amide bonds. The van der Waals surface area contributed by atoms with Crippen LogP contribution in [0.2, 0.25) is 5.15 Å². The van der Waals surface area contributed by atoms with Gasteiger partial charge in [0.25, 0.3) is 0 Å². The Morgan fingerprint density at radius 2 is 1.95 bits per heavy atom. The molecule has 0 radical (unpaired) electrons. The lowest BCUT2D eigenvalue weighted by atomic mass is 10.2. The molecule has 4 nitrogen and oxygen atoms in total. The Morgan fingerprint density at radius 1 is 1.16 bits per heavy atom. The molecule has 1 heterocycles. The minimum Gasteiger partial charge on any atom is -0.339 e. The average Bonchev–Trinajstić information content (AvgIpc) is 2.38. The number of aromatic nitrogens is 1. The molecule has 0 saturated carbocycles. The van der Waals surface area contributed by atoms with Gasteiger partial charge in [0.2, 0.25) is 0 Å². The SMILES string of the molecule is N#Cc1cc(Cl)nc(Nc2cc(Br)ccc2C#N)c1. The molecule has 2 aromatic rings. The van der Waals surface area contributed by atoms with Crippen molar-refractivity contribution in [1.29, 1.82) is 10.5 Å². The molecule has 0 aliphatic rings. The maximum Gasteiger partial charge on any atom is 0.133 e. The van der Waals surface area contributed by atoms with Crippen LogP contribution in [0.5, 0.6) is 0 Å². The minimum absolute atomic E-state index is 0.218. The third-order valence-electron chi connectivity index (χ3n) is 2.29. The van der Waals surface area contributed by atoms with Gasteiger partial charge in [-0.25, -0.2) is 4.98 Å². The number of halogens is 2. The van der Waals surface area contributed by atoms with Crippen molar-refractivity contribution in [3.63, 3.8) is 0 Å². The molecule has 92 valence electrons. The van der Waals surface area contributed by atoms with Gasteiger partial charge in [-0.2, -0.15) is 10.5 Å². The zero-order valence-electron chi connectivity index (χ0n) is 9.48. The number of rotatable bonds is 2. The zero-order valence-corrected chi connectivity index (χ0v) is 11.8. The summed E-state index contributed by atoms with van der Waals surface area (Å²) in [6, 6.07) is 12.3. The number of hydrogen-bond acceptors (Lipinski definition) is 4. The molecule has 19 heavy (non-hydrogen) atoms. The molecule has 1 aromatic carbocycles. The van der Waals surface area contributed by atoms with Gasteiger partial charge in [-0.05, 0) is 30.3 Å². The van der Waals surface area contributed by atoms with E-state index in [0.717, 1.165) is 4.47 Å². The fourth-order valence-corrected chi connectivity index (χ4v) is 2.05. The van der Waals surface area contributed by atoms with Crippen LogP contribution >= 0.6 is 27.5 Å². The number of nitrogens with one attached hydrogen (secondary N) is 1. The molecule has 0 aliphatic heterocycles. The predicted molar refractivity (Wildman–Crippen MR) is 76.1 cm³/mol. The number of nitrogens with zero attached hydrogens (tertiary/aromatic N) is 3. The van der Waals surface area contributed by atoms with Gasteiger partial charge in [0.05, 0.1) is 22.9 Å². The first kappa shape index (κ1) is 13.4. The van der Waals surface area contributed by atoms with E-state index in [2.05, 4.69) is 32.3 Å². The highest BCUT2D eigenvalue weighted by atomic mass is 79.9. The van der Waals surface area contributed by atoms with Gasteiger partial charge in [0, 0.05) is 4.47 Å². The lowest BCUT2D eigenvalue weighted by molar-refractivity contribution is 1.29. The average molecular weight is 334 g/mol. The van der Waals surface area contributed by atoms with E-state index in [1.54, 1.807) is 24.3 Å². The number of hydrogen-bond donors (Lipinski definition) is 1. The Balaban J connectivity index is 2.42. The number of benzene rings is 1. The van der Waals surface area contributed by atoms with Crippen LogP contribution in [0.3, 0.4) is 0 Å². The lowest BCUT2D eigenvalue weighted by Gasteiger charge is -2.08. The molecule has 0 spiro atoms. The van der Waals surface area contributed by atoms with Crippen molar-refractivity contribution in [2.75, 3.05) is 5.32 Å². The van der Waals surface area contributed by atoms with Crippen LogP contribution in [-0.4, -0.2) is 4.98 Å². The standard InChI is InChI=1S/C13H6BrClN4/c14-10-2-1-9(7-17)11(5-10)18-13-4-8(6-16)3-12(15)19-13/h1-5H,(H,18,19). The van der Waals surface area contributed by atoms with Crippen molar-refractivity contribution in [2.45, 2.75) is 0 Å². The van der Waals surface area contributed by atoms with E-state index in [9.17, 15) is 0 Å². The molecule has 0 saturated heterocycles. The van der Waals surface area contributed by atoms with Crippen molar-refractivity contribution < 1.29 is 0 Å². The van der Waals surface area contributed by atoms with Crippen molar-refractivity contribution >= 4 is 39.0 Å². The van der Waals surface area contributed by atoms with E-state index in [-0.39, 0.29) is 5.15 Å². The fourth-order valence-electron chi connectivity index (χ4n) is 1.48. The Bertz CT molecular complexity index is 716. The quantitative estimate of drug-likeness (QED) is 0.844. The second-order valence-corrected chi connectivity index (χ2v) is 4.91. The Labute approximate surface area is 123 Å². The third-order valence-corrected chi connectivity index (χ3v) is 2.97. The molecule has 1 N–H and O–H groups in total. The largest absolute Gasteiger partial charge is 0.339 e. The van der Waals surface area contributed by atoms with Gasteiger partial charge in [-0.3, -0.25) is 0 Å². The first-order valence-electron chi connectivity index (χ1n) is 5.17. The third kappa shape index (κ3) is 3.23. The van der Waals surface area contributed by atoms with E-state index >= 15 is 0 Å². The molecule has 0 bridgehead atoms. The monoisotopic (exact) mass is 332 g/mol. The molecular formula is C13H6BrClN4. The van der Waals surface area contributed by atoms with E-state index in [0.29, 0.717) is 22.6 Å². The highest BCUT2D eigenvalue weighted by molar-refractivity contribution is 9.10. The maximum absolute atomic E-state index is 9.04. The summed E-state index contributed by atoms with van der Waals surface area (Å²) >= 11 is 9.16. The lowest BCUT2D eigenvalue weighted by Crippen LogP contribution is -1.97. The number of pyridine rings is 1. The normalized spacial score (nSPS) is 9.47. The molecule has 0 fully saturated rings. The first-order valence-corrected chi connectivity index (χ1v) is 6.34. The first-order chi connectivity index (χ1) is 9.12. The van der Waals surface area contributed by atoms with Crippen LogP contribution in [0.25, 0.3) is 0 Å². The van der Waals surface area contributed by atoms with E-state index in [4.69, 9.17) is 22.1 Å². The molecule has 6 heteroatoms. The van der Waals surface area contributed by atoms with Crippen molar-refractivity contribution in [3.8, 4) is 12.1 Å². The fraction of sp³-hybridized carbons (Fsp3) is 0. The maximum atomic E-state index is 9.04. The second kappa shape index (κ2) is 5.71. The second-order valence-electron chi connectivity index (χ2n) is 3.60. The van der Waals surface area contributed by atoms with Crippen LogP contribution in [0.15, 0.2) is 34.8 Å². The molecule has 0 atom stereocenters. The van der Waals surface area contributed by atoms with Crippen LogP contribution < -0.4 is 5.32 Å². The predicted octanol–water partition coefficient (Wildman–Crippen LogP) is 3.98. The summed E-state index contributed by atoms with van der Waals surface area (Å²) in [7, 11) is 0. The van der Waals surface area contributed by atoms with Crippen LogP contribution in [0.1, 0.15) is 11.1 Å². The molecule has 1 aromatic heterocycles. The van der Waals surface area contributed by atoms with Gasteiger partial charge >= 0.3 is 0 Å². The van der Waals surface area contributed by atoms with E-state index < -0.39 is 0 Å². The smallest absolute Gasteiger partial charge is 0.133 e. The van der Waals surface area contributed by atoms with Gasteiger partial charge in [-0.1, -0.05) is 27.5 Å². The Hall–Kier alpha value is -2.08. The Morgan fingerprint density at radius 3 is 2.63 bits per heavy atom. The summed E-state index contributed by atoms with van der Waals surface area (Å²) < 4.78 is 0.830. The van der Waals surface area contributed by atoms with Gasteiger partial charge in [-0.15, -0.1) is 0 Å². The van der Waals surface area contributed by atoms with E-state index in [1.807, 2.05) is 6.07 Å². The van der Waals surface area contributed by atoms with Crippen LogP contribution in [0.4, 0.5) is 11.5 Å². The molecular weight excluding hydrogens is 328 g/mol. The van der Waals surface area contributed by atoms with Crippen LogP contribution in [-0.2, 0) is 0 Å². The summed E-state index contributed by atoms with van der Waals surface area (Å²) in [5.41, 5.74) is 1.47. The van der Waals surface area contributed by atoms with Crippen molar-refractivity contribution in [1.82, 2.24) is 4.98 Å². The summed E-state index contributed by atoms with van der Waals surface area (Å²) in [5.74, 6) is 0.415. The molecule has 2 rings (SSSR count). The van der Waals surface area contributed by atoms with Crippen molar-refractivity contribution in [3.05, 3.63) is 51.1 Å². The Kier molecular flexibility index (Phi) is 4.01. The number of anilines is 2. The summed E-state index contributed by atoms with van der Waals surface area (Å²) in [6.07, 6.45) is 0. The zero-order chi connectivity index (χ0) is 13.8. The molecule has 0 aliphatic carbocycles. The summed E-state index contributed by atoms with van der Waals surface area (Å²) in [6.45, 7) is 0. The van der Waals surface area contributed by atoms with Gasteiger partial charge in [0.1, 0.15) is 17.0 Å². The number of nitriles is 2. The van der Waals surface area contributed by atoms with E-state index in [1.165, 1.54) is 6.07 Å².